The van der Waals surface area contributed by atoms with Crippen LogP contribution in [0.3, 0.4) is 0 Å². The van der Waals surface area contributed by atoms with Gasteiger partial charge in [0.2, 0.25) is 0 Å². The van der Waals surface area contributed by atoms with Crippen molar-refractivity contribution in [2.24, 2.45) is 5.92 Å². The predicted octanol–water partition coefficient (Wildman–Crippen LogP) is -0.627. The third kappa shape index (κ3) is 6.39. The SMILES string of the molecule is CC1=C(C)C(C)[C]([Hf+2]([NH]C(=O)c2cc(C)cc(C)c2)[SiH](c2ccccc2)c2ccccc2)=C1C.[Cl-].[Cl-]. The van der Waals surface area contributed by atoms with E-state index in [1.54, 1.807) is 3.33 Å². The van der Waals surface area contributed by atoms with Gasteiger partial charge < -0.3 is 24.8 Å². The Morgan fingerprint density at radius 2 is 1.22 bits per heavy atom. The van der Waals surface area contributed by atoms with Crippen LogP contribution in [0.4, 0.5) is 0 Å². The van der Waals surface area contributed by atoms with Crippen LogP contribution in [0, 0.1) is 19.8 Å². The first-order chi connectivity index (χ1) is 16.3. The minimum Gasteiger partial charge on any atom is -1.00 e. The van der Waals surface area contributed by atoms with Gasteiger partial charge in [-0.2, -0.15) is 0 Å². The topological polar surface area (TPSA) is 29.1 Å². The number of aryl methyl sites for hydroxylation is 2. The van der Waals surface area contributed by atoms with Crippen molar-refractivity contribution < 1.29 is 50.5 Å². The van der Waals surface area contributed by atoms with E-state index in [0.717, 1.165) is 16.7 Å². The number of hydrogen-bond donors (Lipinski definition) is 1. The van der Waals surface area contributed by atoms with Crippen LogP contribution in [0.5, 0.6) is 0 Å². The van der Waals surface area contributed by atoms with Crippen molar-refractivity contribution in [1.29, 1.82) is 0 Å². The van der Waals surface area contributed by atoms with E-state index in [2.05, 4.69) is 112 Å². The molecule has 187 valence electrons. The Kier molecular flexibility index (Phi) is 11.2. The molecular formula is C30H34Cl2HfNOSi. The second kappa shape index (κ2) is 13.2. The van der Waals surface area contributed by atoms with E-state index in [-0.39, 0.29) is 30.7 Å². The molecule has 3 aromatic rings. The Hall–Kier alpha value is -1.72. The molecule has 1 N–H and O–H groups in total. The van der Waals surface area contributed by atoms with Gasteiger partial charge in [0.05, 0.1) is 0 Å². The first-order valence-corrected chi connectivity index (χ1v) is 23.6. The molecule has 0 fully saturated rings. The van der Waals surface area contributed by atoms with Crippen LogP contribution in [0.25, 0.3) is 0 Å². The van der Waals surface area contributed by atoms with Gasteiger partial charge in [0.25, 0.3) is 0 Å². The number of rotatable bonds is 6. The summed E-state index contributed by atoms with van der Waals surface area (Å²) in [5.41, 5.74) is 7.37. The Bertz CT molecular complexity index is 1210. The molecule has 0 aromatic heterocycles. The van der Waals surface area contributed by atoms with Gasteiger partial charge in [-0.05, 0) is 0 Å². The van der Waals surface area contributed by atoms with E-state index >= 15 is 0 Å². The van der Waals surface area contributed by atoms with E-state index in [1.807, 2.05) is 12.1 Å². The van der Waals surface area contributed by atoms with Crippen molar-refractivity contribution in [3.05, 3.63) is 116 Å². The summed E-state index contributed by atoms with van der Waals surface area (Å²) in [6, 6.07) is 28.2. The summed E-state index contributed by atoms with van der Waals surface area (Å²) < 4.78 is 5.37. The number of allylic oxidation sites excluding steroid dienone is 4. The van der Waals surface area contributed by atoms with E-state index < -0.39 is 26.9 Å². The zero-order valence-electron chi connectivity index (χ0n) is 21.8. The minimum atomic E-state index is -2.94. The van der Waals surface area contributed by atoms with Gasteiger partial charge in [-0.25, -0.2) is 0 Å². The molecule has 0 aliphatic heterocycles. The standard InChI is InChI=1S/C12H11Si.C9H11NO.C9H13.2ClH.Hf/c1-3-7-11(8-4-1)13-12-9-5-2-6-10-12;1-6-3-7(2)5-8(4-6)9(10)11;1-6-5-7(2)9(4)8(6)3;;;/h1-10,13H;3-5H,1-2H3,(H2,10,11);6H,1-4H3;2*1H;/q;;;;;+3/p-3. The van der Waals surface area contributed by atoms with E-state index in [0.29, 0.717) is 5.92 Å². The molecule has 3 aromatic carbocycles. The van der Waals surface area contributed by atoms with Crippen molar-refractivity contribution in [2.45, 2.75) is 41.5 Å². The summed E-state index contributed by atoms with van der Waals surface area (Å²) in [7, 11) is 0. The largest absolute Gasteiger partial charge is 1.00 e. The molecule has 1 aliphatic carbocycles. The molecule has 0 bridgehead atoms. The zero-order chi connectivity index (χ0) is 24.4. The molecule has 0 saturated heterocycles. The first-order valence-electron chi connectivity index (χ1n) is 12.0. The fourth-order valence-electron chi connectivity index (χ4n) is 5.21. The van der Waals surface area contributed by atoms with E-state index in [4.69, 9.17) is 0 Å². The number of nitrogens with one attached hydrogen (secondary N) is 1. The summed E-state index contributed by atoms with van der Waals surface area (Å²) in [4.78, 5) is 13.8. The number of benzene rings is 3. The number of carbonyl (C=O) groups is 1. The van der Waals surface area contributed by atoms with Gasteiger partial charge in [0, 0.05) is 0 Å². The summed E-state index contributed by atoms with van der Waals surface area (Å²) in [5.74, 6) is -1.15. The Balaban J connectivity index is 0.00000228. The molecule has 1 amide bonds. The molecule has 36 heavy (non-hydrogen) atoms. The summed E-state index contributed by atoms with van der Waals surface area (Å²) >= 11 is -2.94. The third-order valence-corrected chi connectivity index (χ3v) is 33.8. The Labute approximate surface area is 237 Å². The normalized spacial score (nSPS) is 14.9. The number of halogens is 2. The molecular weight excluding hydrogens is 668 g/mol. The van der Waals surface area contributed by atoms with Crippen molar-refractivity contribution in [2.75, 3.05) is 0 Å². The second-order valence-electron chi connectivity index (χ2n) is 9.57. The van der Waals surface area contributed by atoms with Crippen LogP contribution in [0.1, 0.15) is 49.2 Å². The molecule has 2 nitrogen and oxygen atoms in total. The average Bonchev–Trinajstić information content (AvgIpc) is 3.02. The quantitative estimate of drug-likeness (QED) is 0.342. The van der Waals surface area contributed by atoms with Crippen molar-refractivity contribution in [3.63, 3.8) is 0 Å². The first kappa shape index (κ1) is 30.5. The maximum atomic E-state index is 13.8. The minimum absolute atomic E-state index is 0. The van der Waals surface area contributed by atoms with Gasteiger partial charge in [0.1, 0.15) is 0 Å². The zero-order valence-corrected chi connectivity index (χ0v) is 28.1. The molecule has 6 heteroatoms. The third-order valence-electron chi connectivity index (χ3n) is 7.22. The van der Waals surface area contributed by atoms with Gasteiger partial charge in [0.15, 0.2) is 0 Å². The second-order valence-corrected chi connectivity index (χ2v) is 28.5. The molecule has 0 spiro atoms. The number of amides is 1. The molecule has 0 saturated carbocycles. The van der Waals surface area contributed by atoms with Crippen LogP contribution in [0.15, 0.2) is 98.9 Å². The van der Waals surface area contributed by atoms with Gasteiger partial charge in [-0.3, -0.25) is 0 Å². The monoisotopic (exact) mass is 702 g/mol. The summed E-state index contributed by atoms with van der Waals surface area (Å²) in [5, 5.41) is 2.87. The van der Waals surface area contributed by atoms with Crippen molar-refractivity contribution in [1.82, 2.24) is 3.30 Å². The van der Waals surface area contributed by atoms with Gasteiger partial charge >= 0.3 is 214 Å². The Morgan fingerprint density at radius 1 is 0.750 bits per heavy atom. The Morgan fingerprint density at radius 3 is 1.64 bits per heavy atom. The van der Waals surface area contributed by atoms with Crippen LogP contribution < -0.4 is 38.5 Å². The molecule has 4 rings (SSSR count). The van der Waals surface area contributed by atoms with Crippen molar-refractivity contribution in [3.8, 4) is 0 Å². The van der Waals surface area contributed by atoms with Gasteiger partial charge in [-0.1, -0.05) is 0 Å². The molecule has 1 unspecified atom stereocenters. The fraction of sp³-hybridized carbons (Fsp3) is 0.233. The summed E-state index contributed by atoms with van der Waals surface area (Å²) in [6.07, 6.45) is 0. The van der Waals surface area contributed by atoms with E-state index in [9.17, 15) is 4.79 Å². The van der Waals surface area contributed by atoms with Crippen LogP contribution in [0.2, 0.25) is 0 Å². The smallest absolute Gasteiger partial charge is 1.00 e. The molecule has 0 radical (unpaired) electrons. The summed E-state index contributed by atoms with van der Waals surface area (Å²) in [6.45, 7) is 13.3. The van der Waals surface area contributed by atoms with Crippen molar-refractivity contribution >= 4 is 22.3 Å². The maximum Gasteiger partial charge on any atom is -1.00 e. The number of carbonyl (C=O) groups excluding carboxylic acids is 1. The molecule has 1 atom stereocenters. The van der Waals surface area contributed by atoms with E-state index in [1.165, 1.54) is 27.1 Å². The van der Waals surface area contributed by atoms with Gasteiger partial charge in [-0.15, -0.1) is 0 Å². The number of hydrogen-bond acceptors (Lipinski definition) is 1. The van der Waals surface area contributed by atoms with Crippen LogP contribution >= 0.6 is 0 Å². The van der Waals surface area contributed by atoms with Crippen LogP contribution in [-0.2, 0) is 20.9 Å². The predicted molar refractivity (Wildman–Crippen MR) is 143 cm³/mol. The van der Waals surface area contributed by atoms with Crippen LogP contribution in [-0.4, -0.2) is 11.9 Å². The average molecular weight is 702 g/mol. The maximum absolute atomic E-state index is 13.8. The fourth-order valence-corrected chi connectivity index (χ4v) is 35.5. The molecule has 0 heterocycles. The molecule has 1 aliphatic rings.